The van der Waals surface area contributed by atoms with Crippen molar-refractivity contribution in [2.24, 2.45) is 0 Å². The fourth-order valence-electron chi connectivity index (χ4n) is 3.88. The van der Waals surface area contributed by atoms with E-state index >= 15 is 0 Å². The molecule has 0 aliphatic carbocycles. The first-order valence-electron chi connectivity index (χ1n) is 12.8. The van der Waals surface area contributed by atoms with E-state index in [0.29, 0.717) is 0 Å². The highest BCUT2D eigenvalue weighted by Gasteiger charge is 2.00. The van der Waals surface area contributed by atoms with E-state index in [0.717, 1.165) is 19.8 Å². The highest BCUT2D eigenvalue weighted by Crippen LogP contribution is 2.17. The lowest BCUT2D eigenvalue weighted by Crippen LogP contribution is -2.04. The van der Waals surface area contributed by atoms with Crippen LogP contribution in [0.15, 0.2) is 24.3 Å². The molecule has 0 aliphatic heterocycles. The Morgan fingerprint density at radius 1 is 0.621 bits per heavy atom. The Morgan fingerprint density at radius 2 is 1.17 bits per heavy atom. The van der Waals surface area contributed by atoms with Crippen molar-refractivity contribution in [1.82, 2.24) is 0 Å². The largest absolute Gasteiger partial charge is 0.385 e. The van der Waals surface area contributed by atoms with Crippen molar-refractivity contribution in [2.75, 3.05) is 25.1 Å². The van der Waals surface area contributed by atoms with Crippen LogP contribution in [-0.4, -0.2) is 19.8 Å². The minimum atomic E-state index is 0.972. The number of benzene rings is 1. The summed E-state index contributed by atoms with van der Waals surface area (Å²) >= 11 is 0. The number of nitrogens with one attached hydrogen (secondary N) is 1. The highest BCUT2D eigenvalue weighted by molar-refractivity contribution is 5.51. The average molecular weight is 404 g/mol. The molecule has 168 valence electrons. The molecule has 0 aromatic heterocycles. The lowest BCUT2D eigenvalue weighted by molar-refractivity contribution is 0.125. The normalized spacial score (nSPS) is 11.1. The fraction of sp³-hybridized carbons (Fsp3) is 0.778. The third-order valence-corrected chi connectivity index (χ3v) is 5.71. The van der Waals surface area contributed by atoms with E-state index in [9.17, 15) is 0 Å². The zero-order valence-electron chi connectivity index (χ0n) is 19.7. The molecule has 2 heteroatoms. The lowest BCUT2D eigenvalue weighted by atomic mass is 10.1. The molecule has 0 unspecified atom stereocenters. The fourth-order valence-corrected chi connectivity index (χ4v) is 3.88. The van der Waals surface area contributed by atoms with Crippen LogP contribution in [0.5, 0.6) is 0 Å². The predicted octanol–water partition coefficient (Wildman–Crippen LogP) is 8.55. The van der Waals surface area contributed by atoms with Gasteiger partial charge in [-0.05, 0) is 37.3 Å². The summed E-state index contributed by atoms with van der Waals surface area (Å²) in [4.78, 5) is 0. The predicted molar refractivity (Wildman–Crippen MR) is 130 cm³/mol. The van der Waals surface area contributed by atoms with E-state index in [1.54, 1.807) is 0 Å². The zero-order chi connectivity index (χ0) is 20.8. The van der Waals surface area contributed by atoms with Gasteiger partial charge in [0.15, 0.2) is 0 Å². The SMILES string of the molecule is CCCCCCCCOCCCCCCCCCCNc1ccccc1CCC. The molecule has 0 aliphatic rings. The van der Waals surface area contributed by atoms with E-state index in [1.807, 2.05) is 0 Å². The van der Waals surface area contributed by atoms with Gasteiger partial charge in [0.1, 0.15) is 0 Å². The van der Waals surface area contributed by atoms with Gasteiger partial charge in [0.05, 0.1) is 0 Å². The topological polar surface area (TPSA) is 21.3 Å². The molecule has 1 aromatic rings. The Hall–Kier alpha value is -1.02. The summed E-state index contributed by atoms with van der Waals surface area (Å²) in [5.74, 6) is 0. The average Bonchev–Trinajstić information content (AvgIpc) is 2.74. The monoisotopic (exact) mass is 403 g/mol. The van der Waals surface area contributed by atoms with Crippen LogP contribution in [0.4, 0.5) is 5.69 Å². The van der Waals surface area contributed by atoms with Gasteiger partial charge in [0.2, 0.25) is 0 Å². The van der Waals surface area contributed by atoms with Gasteiger partial charge in [-0.25, -0.2) is 0 Å². The van der Waals surface area contributed by atoms with Gasteiger partial charge >= 0.3 is 0 Å². The van der Waals surface area contributed by atoms with Crippen LogP contribution in [-0.2, 0) is 11.2 Å². The summed E-state index contributed by atoms with van der Waals surface area (Å²) in [6.45, 7) is 7.58. The molecule has 1 aromatic carbocycles. The van der Waals surface area contributed by atoms with Crippen LogP contribution in [0.1, 0.15) is 116 Å². The number of aryl methyl sites for hydroxylation is 1. The number of rotatable bonds is 21. The molecule has 0 atom stereocenters. The van der Waals surface area contributed by atoms with Crippen LogP contribution in [0.3, 0.4) is 0 Å². The van der Waals surface area contributed by atoms with Crippen LogP contribution in [0, 0.1) is 0 Å². The van der Waals surface area contributed by atoms with Crippen LogP contribution in [0.2, 0.25) is 0 Å². The van der Waals surface area contributed by atoms with Gasteiger partial charge in [0, 0.05) is 25.4 Å². The number of ether oxygens (including phenoxy) is 1. The number of hydrogen-bond donors (Lipinski definition) is 1. The second-order valence-corrected chi connectivity index (χ2v) is 8.54. The van der Waals surface area contributed by atoms with E-state index in [-0.39, 0.29) is 0 Å². The quantitative estimate of drug-likeness (QED) is 0.208. The molecule has 29 heavy (non-hydrogen) atoms. The summed E-state index contributed by atoms with van der Waals surface area (Å²) in [6.07, 6.45) is 21.3. The van der Waals surface area contributed by atoms with E-state index in [4.69, 9.17) is 4.74 Å². The van der Waals surface area contributed by atoms with E-state index < -0.39 is 0 Å². The van der Waals surface area contributed by atoms with Gasteiger partial charge in [-0.1, -0.05) is 109 Å². The Bertz CT molecular complexity index is 460. The smallest absolute Gasteiger partial charge is 0.0466 e. The molecule has 0 heterocycles. The van der Waals surface area contributed by atoms with Crippen LogP contribution < -0.4 is 5.32 Å². The Labute approximate surface area is 182 Å². The minimum Gasteiger partial charge on any atom is -0.385 e. The first-order chi connectivity index (χ1) is 14.4. The van der Waals surface area contributed by atoms with Gasteiger partial charge < -0.3 is 10.1 Å². The molecule has 1 rings (SSSR count). The Balaban J connectivity index is 1.79. The third-order valence-electron chi connectivity index (χ3n) is 5.71. The Kier molecular flexibility index (Phi) is 18.2. The summed E-state index contributed by atoms with van der Waals surface area (Å²) in [7, 11) is 0. The van der Waals surface area contributed by atoms with Crippen molar-refractivity contribution < 1.29 is 4.74 Å². The van der Waals surface area contributed by atoms with E-state index in [1.165, 1.54) is 114 Å². The van der Waals surface area contributed by atoms with Crippen LogP contribution >= 0.6 is 0 Å². The first kappa shape index (κ1) is 26.0. The van der Waals surface area contributed by atoms with Gasteiger partial charge in [-0.2, -0.15) is 0 Å². The number of hydrogen-bond acceptors (Lipinski definition) is 2. The number of para-hydroxylation sites is 1. The molecule has 0 spiro atoms. The highest BCUT2D eigenvalue weighted by atomic mass is 16.5. The van der Waals surface area contributed by atoms with Crippen molar-refractivity contribution in [1.29, 1.82) is 0 Å². The summed E-state index contributed by atoms with van der Waals surface area (Å²) in [5.41, 5.74) is 2.80. The third kappa shape index (κ3) is 15.5. The molecule has 0 radical (unpaired) electrons. The molecule has 0 amide bonds. The lowest BCUT2D eigenvalue weighted by Gasteiger charge is -2.11. The first-order valence-corrected chi connectivity index (χ1v) is 12.8. The Morgan fingerprint density at radius 3 is 1.79 bits per heavy atom. The zero-order valence-corrected chi connectivity index (χ0v) is 19.7. The second-order valence-electron chi connectivity index (χ2n) is 8.54. The van der Waals surface area contributed by atoms with Crippen molar-refractivity contribution in [2.45, 2.75) is 117 Å². The van der Waals surface area contributed by atoms with E-state index in [2.05, 4.69) is 43.4 Å². The van der Waals surface area contributed by atoms with Crippen molar-refractivity contribution in [3.05, 3.63) is 29.8 Å². The second kappa shape index (κ2) is 20.3. The molecule has 0 saturated heterocycles. The molecule has 2 nitrogen and oxygen atoms in total. The summed E-state index contributed by atoms with van der Waals surface area (Å²) < 4.78 is 5.77. The molecule has 0 saturated carbocycles. The van der Waals surface area contributed by atoms with Gasteiger partial charge in [-0.3, -0.25) is 0 Å². The van der Waals surface area contributed by atoms with Crippen molar-refractivity contribution in [3.8, 4) is 0 Å². The van der Waals surface area contributed by atoms with Gasteiger partial charge in [0.25, 0.3) is 0 Å². The van der Waals surface area contributed by atoms with Crippen molar-refractivity contribution in [3.63, 3.8) is 0 Å². The maximum atomic E-state index is 5.77. The molecule has 1 N–H and O–H groups in total. The molecule has 0 bridgehead atoms. The maximum absolute atomic E-state index is 5.77. The standard InChI is InChI=1S/C27H49NO/c1-3-5-6-7-13-18-24-29-25-19-14-11-9-8-10-12-17-23-28-27-22-16-15-21-26(27)20-4-2/h15-16,21-22,28H,3-14,17-20,23-25H2,1-2H3. The van der Waals surface area contributed by atoms with Gasteiger partial charge in [-0.15, -0.1) is 0 Å². The summed E-state index contributed by atoms with van der Waals surface area (Å²) in [6, 6.07) is 8.77. The number of anilines is 1. The maximum Gasteiger partial charge on any atom is 0.0466 e. The molecule has 0 fully saturated rings. The molecular formula is C27H49NO. The number of unbranched alkanes of at least 4 members (excludes halogenated alkanes) is 12. The van der Waals surface area contributed by atoms with Crippen molar-refractivity contribution >= 4 is 5.69 Å². The minimum absolute atomic E-state index is 0.972. The van der Waals surface area contributed by atoms with Crippen LogP contribution in [0.25, 0.3) is 0 Å². The molecular weight excluding hydrogens is 354 g/mol. The summed E-state index contributed by atoms with van der Waals surface area (Å²) in [5, 5.41) is 3.64.